The number of piperidine rings is 1. The van der Waals surface area contributed by atoms with Crippen LogP contribution in [0.1, 0.15) is 52.6 Å². The van der Waals surface area contributed by atoms with E-state index >= 15 is 0 Å². The predicted molar refractivity (Wildman–Crippen MR) is 104 cm³/mol. The highest BCUT2D eigenvalue weighted by Crippen LogP contribution is 2.41. The number of amides is 2. The number of aromatic nitrogens is 2. The molecule has 3 aliphatic heterocycles. The van der Waals surface area contributed by atoms with Gasteiger partial charge in [-0.2, -0.15) is 0 Å². The fourth-order valence-corrected chi connectivity index (χ4v) is 5.12. The first-order valence-corrected chi connectivity index (χ1v) is 10.00. The summed E-state index contributed by atoms with van der Waals surface area (Å²) in [7, 11) is 2.17. The number of likely N-dealkylation sites (tertiary alicyclic amines) is 1. The molecule has 2 aromatic rings. The van der Waals surface area contributed by atoms with E-state index in [0.29, 0.717) is 12.0 Å². The molecule has 0 aliphatic carbocycles. The quantitative estimate of drug-likeness (QED) is 0.830. The van der Waals surface area contributed by atoms with Crippen molar-refractivity contribution in [2.24, 2.45) is 0 Å². The molecule has 1 fully saturated rings. The van der Waals surface area contributed by atoms with Gasteiger partial charge in [0.25, 0.3) is 5.91 Å². The van der Waals surface area contributed by atoms with Gasteiger partial charge < -0.3 is 15.2 Å². The summed E-state index contributed by atoms with van der Waals surface area (Å²) >= 11 is 0. The van der Waals surface area contributed by atoms with E-state index in [9.17, 15) is 9.59 Å². The van der Waals surface area contributed by atoms with Crippen molar-refractivity contribution < 1.29 is 9.59 Å². The van der Waals surface area contributed by atoms with Gasteiger partial charge >= 0.3 is 0 Å². The van der Waals surface area contributed by atoms with E-state index in [1.807, 2.05) is 29.2 Å². The van der Waals surface area contributed by atoms with E-state index in [1.54, 1.807) is 6.33 Å². The summed E-state index contributed by atoms with van der Waals surface area (Å²) in [6, 6.07) is 7.31. The van der Waals surface area contributed by atoms with Crippen LogP contribution in [-0.4, -0.2) is 58.3 Å². The fraction of sp³-hybridized carbons (Fsp3) is 0.476. The van der Waals surface area contributed by atoms with E-state index in [-0.39, 0.29) is 23.4 Å². The van der Waals surface area contributed by atoms with Crippen molar-refractivity contribution >= 4 is 11.8 Å². The molecule has 1 saturated heterocycles. The van der Waals surface area contributed by atoms with Crippen molar-refractivity contribution in [1.29, 1.82) is 0 Å². The molecule has 0 saturated carbocycles. The van der Waals surface area contributed by atoms with Crippen LogP contribution in [0.5, 0.6) is 0 Å². The summed E-state index contributed by atoms with van der Waals surface area (Å²) in [6.45, 7) is 2.45. The van der Waals surface area contributed by atoms with E-state index in [4.69, 9.17) is 0 Å². The number of nitrogens with one attached hydrogen (secondary N) is 2. The van der Waals surface area contributed by atoms with Crippen molar-refractivity contribution in [2.75, 3.05) is 26.7 Å². The van der Waals surface area contributed by atoms with Crippen LogP contribution in [0.15, 0.2) is 30.6 Å². The Bertz CT molecular complexity index is 928. The lowest BCUT2D eigenvalue weighted by molar-refractivity contribution is -0.134. The highest BCUT2D eigenvalue weighted by molar-refractivity contribution is 5.99. The Balaban J connectivity index is 1.28. The average molecular weight is 379 g/mol. The molecular weight excluding hydrogens is 354 g/mol. The number of benzene rings is 1. The van der Waals surface area contributed by atoms with Gasteiger partial charge in [-0.25, -0.2) is 4.98 Å². The molecule has 146 valence electrons. The molecule has 4 heterocycles. The fourth-order valence-electron chi connectivity index (χ4n) is 5.12. The molecule has 7 nitrogen and oxygen atoms in total. The minimum Gasteiger partial charge on any atom is -0.348 e. The van der Waals surface area contributed by atoms with E-state index in [2.05, 4.69) is 27.2 Å². The molecular formula is C21H25N5O2. The highest BCUT2D eigenvalue weighted by atomic mass is 16.2. The number of hydrogen-bond donors (Lipinski definition) is 2. The van der Waals surface area contributed by atoms with Crippen LogP contribution in [-0.2, 0) is 16.8 Å². The van der Waals surface area contributed by atoms with Gasteiger partial charge in [0.15, 0.2) is 0 Å². The molecule has 0 unspecified atom stereocenters. The Morgan fingerprint density at radius 3 is 2.86 bits per heavy atom. The van der Waals surface area contributed by atoms with Gasteiger partial charge in [-0.15, -0.1) is 0 Å². The second-order valence-electron chi connectivity index (χ2n) is 8.13. The molecule has 0 radical (unpaired) electrons. The largest absolute Gasteiger partial charge is 0.348 e. The lowest BCUT2D eigenvalue weighted by atomic mass is 9.79. The third-order valence-corrected chi connectivity index (χ3v) is 6.80. The van der Waals surface area contributed by atoms with Crippen LogP contribution >= 0.6 is 0 Å². The highest BCUT2D eigenvalue weighted by Gasteiger charge is 2.45. The maximum Gasteiger partial charge on any atom is 0.252 e. The van der Waals surface area contributed by atoms with Gasteiger partial charge in [-0.05, 0) is 31.5 Å². The summed E-state index contributed by atoms with van der Waals surface area (Å²) < 4.78 is 0. The van der Waals surface area contributed by atoms with Crippen LogP contribution in [0.3, 0.4) is 0 Å². The average Bonchev–Trinajstić information content (AvgIpc) is 3.32. The zero-order chi connectivity index (χ0) is 19.3. The number of carbonyl (C=O) groups is 2. The zero-order valence-electron chi connectivity index (χ0n) is 16.1. The maximum absolute atomic E-state index is 13.0. The SMILES string of the molecule is CN1CCc2[nH]cnc2C12CCN(C(=O)C[C@@H]1NC(=O)c3ccccc31)CC2. The molecule has 1 atom stereocenters. The first kappa shape index (κ1) is 17.4. The summed E-state index contributed by atoms with van der Waals surface area (Å²) in [5.41, 5.74) is 3.95. The summed E-state index contributed by atoms with van der Waals surface area (Å²) in [5, 5.41) is 2.95. The van der Waals surface area contributed by atoms with Gasteiger partial charge in [-0.3, -0.25) is 14.5 Å². The molecule has 1 aromatic heterocycles. The zero-order valence-corrected chi connectivity index (χ0v) is 16.1. The molecule has 1 spiro atoms. The number of aromatic amines is 1. The lowest BCUT2D eigenvalue weighted by Crippen LogP contribution is -2.55. The second-order valence-corrected chi connectivity index (χ2v) is 8.13. The third kappa shape index (κ3) is 2.57. The summed E-state index contributed by atoms with van der Waals surface area (Å²) in [5.74, 6) is 0.0263. The number of fused-ring (bicyclic) bond motifs is 3. The van der Waals surface area contributed by atoms with Crippen LogP contribution in [0.25, 0.3) is 0 Å². The monoisotopic (exact) mass is 379 g/mol. The van der Waals surface area contributed by atoms with Gasteiger partial charge in [0.1, 0.15) is 0 Å². The molecule has 0 bridgehead atoms. The Kier molecular flexibility index (Phi) is 4.01. The summed E-state index contributed by atoms with van der Waals surface area (Å²) in [4.78, 5) is 37.3. The Hall–Kier alpha value is -2.67. The van der Waals surface area contributed by atoms with Crippen molar-refractivity contribution in [1.82, 2.24) is 25.1 Å². The first-order chi connectivity index (χ1) is 13.6. The van der Waals surface area contributed by atoms with E-state index in [1.165, 1.54) is 5.69 Å². The minimum atomic E-state index is -0.220. The third-order valence-electron chi connectivity index (χ3n) is 6.80. The Morgan fingerprint density at radius 1 is 1.25 bits per heavy atom. The van der Waals surface area contributed by atoms with Gasteiger partial charge in [0.05, 0.1) is 30.0 Å². The normalized spacial score (nSPS) is 23.4. The number of hydrogen-bond acceptors (Lipinski definition) is 4. The van der Waals surface area contributed by atoms with Crippen molar-refractivity contribution in [2.45, 2.75) is 37.3 Å². The summed E-state index contributed by atoms with van der Waals surface area (Å²) in [6.07, 6.45) is 4.89. The number of carbonyl (C=O) groups excluding carboxylic acids is 2. The van der Waals surface area contributed by atoms with Crippen molar-refractivity contribution in [3.63, 3.8) is 0 Å². The standard InChI is InChI=1S/C21H25N5O2/c1-25-9-6-16-19(23-13-22-16)21(25)7-10-26(11-8-21)18(27)12-17-14-4-2-3-5-15(14)20(28)24-17/h2-5,13,17H,6-12H2,1H3,(H,22,23)(H,24,28)/t17-/m0/s1. The van der Waals surface area contributed by atoms with Crippen LogP contribution in [0, 0.1) is 0 Å². The molecule has 2 N–H and O–H groups in total. The van der Waals surface area contributed by atoms with E-state index < -0.39 is 0 Å². The van der Waals surface area contributed by atoms with Gasteiger partial charge in [0.2, 0.25) is 5.91 Å². The molecule has 3 aliphatic rings. The smallest absolute Gasteiger partial charge is 0.252 e. The van der Waals surface area contributed by atoms with E-state index in [0.717, 1.165) is 50.2 Å². The molecule has 5 rings (SSSR count). The van der Waals surface area contributed by atoms with Crippen molar-refractivity contribution in [3.05, 3.63) is 53.1 Å². The van der Waals surface area contributed by atoms with Crippen molar-refractivity contribution in [3.8, 4) is 0 Å². The maximum atomic E-state index is 13.0. The number of H-pyrrole nitrogens is 1. The van der Waals surface area contributed by atoms with Gasteiger partial charge in [-0.1, -0.05) is 18.2 Å². The molecule has 7 heteroatoms. The number of likely N-dealkylation sites (N-methyl/N-ethyl adjacent to an activating group) is 1. The lowest BCUT2D eigenvalue weighted by Gasteiger charge is -2.49. The Morgan fingerprint density at radius 2 is 2.04 bits per heavy atom. The number of rotatable bonds is 2. The topological polar surface area (TPSA) is 81.3 Å². The molecule has 1 aromatic carbocycles. The Labute approximate surface area is 164 Å². The number of imidazole rings is 1. The number of nitrogens with zero attached hydrogens (tertiary/aromatic N) is 3. The first-order valence-electron chi connectivity index (χ1n) is 10.00. The second kappa shape index (κ2) is 6.44. The van der Waals surface area contributed by atoms with Gasteiger partial charge in [0, 0.05) is 37.3 Å². The minimum absolute atomic E-state index is 0.0709. The van der Waals surface area contributed by atoms with Crippen LogP contribution < -0.4 is 5.32 Å². The molecule has 28 heavy (non-hydrogen) atoms. The van der Waals surface area contributed by atoms with Crippen LogP contribution in [0.2, 0.25) is 0 Å². The molecule has 2 amide bonds. The van der Waals surface area contributed by atoms with Crippen LogP contribution in [0.4, 0.5) is 0 Å². The predicted octanol–water partition coefficient (Wildman–Crippen LogP) is 1.59.